The maximum atomic E-state index is 13.1. The maximum absolute atomic E-state index is 13.1. The minimum absolute atomic E-state index is 0.101. The number of halogens is 3. The second kappa shape index (κ2) is 4.22. The fraction of sp³-hybridized carbons (Fsp3) is 0.167. The zero-order chi connectivity index (χ0) is 15.3. The number of nitrogen functional groups attached to an aromatic ring is 1. The summed E-state index contributed by atoms with van der Waals surface area (Å²) in [6, 6.07) is 5.02. The Labute approximate surface area is 117 Å². The summed E-state index contributed by atoms with van der Waals surface area (Å²) in [5.74, 6) is -1.32. The Morgan fingerprint density at radius 2 is 1.81 bits per heavy atom. The van der Waals surface area contributed by atoms with Crippen molar-refractivity contribution >= 4 is 17.3 Å². The quantitative estimate of drug-likeness (QED) is 0.638. The molecule has 1 aromatic carbocycles. The minimum atomic E-state index is -4.53. The molecule has 0 spiro atoms. The first kappa shape index (κ1) is 13.4. The topological polar surface area (TPSA) is 102 Å². The van der Waals surface area contributed by atoms with Gasteiger partial charge in [-0.2, -0.15) is 13.2 Å². The van der Waals surface area contributed by atoms with E-state index >= 15 is 0 Å². The Bertz CT molecular complexity index is 702. The Kier molecular flexibility index (Phi) is 2.70. The van der Waals surface area contributed by atoms with Gasteiger partial charge in [0.15, 0.2) is 17.4 Å². The van der Waals surface area contributed by atoms with Crippen LogP contribution in [0.15, 0.2) is 30.6 Å². The van der Waals surface area contributed by atoms with Gasteiger partial charge < -0.3 is 16.4 Å². The third kappa shape index (κ3) is 2.11. The minimum Gasteiger partial charge on any atom is -0.382 e. The van der Waals surface area contributed by atoms with Gasteiger partial charge in [0.1, 0.15) is 12.0 Å². The highest BCUT2D eigenvalue weighted by Gasteiger charge is 2.43. The highest BCUT2D eigenvalue weighted by Crippen LogP contribution is 2.41. The molecular weight excluding hydrogens is 285 g/mol. The molecule has 1 aliphatic heterocycles. The van der Waals surface area contributed by atoms with Crippen LogP contribution in [0, 0.1) is 0 Å². The van der Waals surface area contributed by atoms with Crippen molar-refractivity contribution in [3.63, 3.8) is 0 Å². The molecule has 0 aliphatic carbocycles. The summed E-state index contributed by atoms with van der Waals surface area (Å²) in [5.41, 5.74) is 11.0. The van der Waals surface area contributed by atoms with Gasteiger partial charge in [-0.05, 0) is 6.07 Å². The van der Waals surface area contributed by atoms with Crippen molar-refractivity contribution in [2.75, 3.05) is 16.4 Å². The van der Waals surface area contributed by atoms with E-state index in [1.807, 2.05) is 0 Å². The molecule has 6 N–H and O–H groups in total. The number of nitrogens with two attached hydrogens (primary N) is 2. The number of aromatic nitrogens is 2. The number of alkyl halides is 3. The second-order valence-corrected chi connectivity index (χ2v) is 4.58. The lowest BCUT2D eigenvalue weighted by atomic mass is 10.0. The van der Waals surface area contributed by atoms with Crippen molar-refractivity contribution in [3.05, 3.63) is 41.7 Å². The third-order valence-corrected chi connectivity index (χ3v) is 3.17. The predicted octanol–water partition coefficient (Wildman–Crippen LogP) is 1.68. The van der Waals surface area contributed by atoms with Gasteiger partial charge in [0.2, 0.25) is 0 Å². The average Bonchev–Trinajstić information content (AvgIpc) is 2.77. The van der Waals surface area contributed by atoms with Crippen LogP contribution < -0.4 is 22.1 Å². The van der Waals surface area contributed by atoms with E-state index in [0.29, 0.717) is 0 Å². The molecule has 0 saturated carbocycles. The van der Waals surface area contributed by atoms with Crippen molar-refractivity contribution in [2.24, 2.45) is 5.73 Å². The first-order valence-electron chi connectivity index (χ1n) is 5.94. The summed E-state index contributed by atoms with van der Waals surface area (Å²) < 4.78 is 39.3. The molecule has 1 aliphatic rings. The summed E-state index contributed by atoms with van der Waals surface area (Å²) in [7, 11) is 0. The Morgan fingerprint density at radius 1 is 1.10 bits per heavy atom. The van der Waals surface area contributed by atoms with Crippen LogP contribution in [0.1, 0.15) is 11.1 Å². The predicted molar refractivity (Wildman–Crippen MR) is 71.0 cm³/mol. The van der Waals surface area contributed by atoms with E-state index in [1.54, 1.807) is 0 Å². The summed E-state index contributed by atoms with van der Waals surface area (Å²) in [6.45, 7) is 0. The monoisotopic (exact) mass is 296 g/mol. The van der Waals surface area contributed by atoms with Crippen LogP contribution in [0.25, 0.3) is 0 Å². The highest BCUT2D eigenvalue weighted by atomic mass is 19.4. The normalized spacial score (nSPS) is 20.6. The Morgan fingerprint density at radius 3 is 2.48 bits per heavy atom. The van der Waals surface area contributed by atoms with Gasteiger partial charge in [0, 0.05) is 5.56 Å². The molecule has 9 heteroatoms. The van der Waals surface area contributed by atoms with Gasteiger partial charge in [-0.25, -0.2) is 9.97 Å². The first-order chi connectivity index (χ1) is 9.81. The van der Waals surface area contributed by atoms with Crippen LogP contribution in [0.5, 0.6) is 0 Å². The molecule has 2 aromatic rings. The van der Waals surface area contributed by atoms with Crippen molar-refractivity contribution in [1.82, 2.24) is 9.97 Å². The third-order valence-electron chi connectivity index (χ3n) is 3.17. The second-order valence-electron chi connectivity index (χ2n) is 4.58. The van der Waals surface area contributed by atoms with E-state index in [1.165, 1.54) is 24.5 Å². The van der Waals surface area contributed by atoms with E-state index in [9.17, 15) is 13.2 Å². The van der Waals surface area contributed by atoms with Crippen molar-refractivity contribution in [2.45, 2.75) is 12.0 Å². The number of rotatable bonds is 1. The average molecular weight is 296 g/mol. The molecule has 110 valence electrons. The largest absolute Gasteiger partial charge is 0.416 e. The fourth-order valence-electron chi connectivity index (χ4n) is 2.24. The van der Waals surface area contributed by atoms with Crippen LogP contribution >= 0.6 is 0 Å². The smallest absolute Gasteiger partial charge is 0.382 e. The molecule has 0 fully saturated rings. The molecule has 2 heterocycles. The summed E-state index contributed by atoms with van der Waals surface area (Å²) in [4.78, 5) is 7.67. The zero-order valence-corrected chi connectivity index (χ0v) is 10.6. The Hall–Kier alpha value is -2.55. The molecule has 0 bridgehead atoms. The van der Waals surface area contributed by atoms with Crippen LogP contribution in [0.4, 0.5) is 30.5 Å². The lowest BCUT2D eigenvalue weighted by Crippen LogP contribution is -2.49. The van der Waals surface area contributed by atoms with Crippen LogP contribution in [0.3, 0.4) is 0 Å². The summed E-state index contributed by atoms with van der Waals surface area (Å²) >= 11 is 0. The lowest BCUT2D eigenvalue weighted by molar-refractivity contribution is -0.138. The van der Waals surface area contributed by atoms with Crippen molar-refractivity contribution < 1.29 is 13.2 Å². The fourth-order valence-corrected chi connectivity index (χ4v) is 2.24. The number of benzene rings is 1. The number of fused-ring (bicyclic) bond motifs is 1. The SMILES string of the molecule is Nc1ncnc2c1NC(N)(c1ccccc1C(F)(F)F)N2. The molecule has 1 unspecified atom stereocenters. The molecule has 0 amide bonds. The molecule has 6 nitrogen and oxygen atoms in total. The summed E-state index contributed by atoms with van der Waals surface area (Å²) in [6.07, 6.45) is -3.33. The van der Waals surface area contributed by atoms with Gasteiger partial charge in [-0.15, -0.1) is 0 Å². The van der Waals surface area contributed by atoms with E-state index in [2.05, 4.69) is 20.6 Å². The van der Waals surface area contributed by atoms with Gasteiger partial charge in [0.05, 0.1) is 5.56 Å². The molecule has 21 heavy (non-hydrogen) atoms. The van der Waals surface area contributed by atoms with Gasteiger partial charge >= 0.3 is 6.18 Å². The van der Waals surface area contributed by atoms with E-state index in [4.69, 9.17) is 11.5 Å². The number of nitrogens with one attached hydrogen (secondary N) is 2. The van der Waals surface area contributed by atoms with Gasteiger partial charge in [0.25, 0.3) is 0 Å². The van der Waals surface area contributed by atoms with Crippen LogP contribution in [0.2, 0.25) is 0 Å². The summed E-state index contributed by atoms with van der Waals surface area (Å²) in [5, 5.41) is 5.44. The van der Waals surface area contributed by atoms with E-state index < -0.39 is 17.5 Å². The molecule has 1 atom stereocenters. The van der Waals surface area contributed by atoms with Crippen molar-refractivity contribution in [1.29, 1.82) is 0 Å². The number of anilines is 3. The van der Waals surface area contributed by atoms with Crippen molar-refractivity contribution in [3.8, 4) is 0 Å². The molecule has 1 aromatic heterocycles. The Balaban J connectivity index is 2.10. The molecule has 3 rings (SSSR count). The number of nitrogens with zero attached hydrogens (tertiary/aromatic N) is 2. The van der Waals surface area contributed by atoms with Gasteiger partial charge in [-0.1, -0.05) is 18.2 Å². The zero-order valence-electron chi connectivity index (χ0n) is 10.6. The standard InChI is InChI=1S/C12H11F3N6/c13-11(14,15)6-3-1-2-4-7(6)12(17)20-8-9(16)18-5-19-10(8)21-12/h1-5,20H,17H2,(H3,16,18,19,21). The first-order valence-corrected chi connectivity index (χ1v) is 5.94. The van der Waals surface area contributed by atoms with Crippen LogP contribution in [-0.2, 0) is 12.0 Å². The molecule has 0 saturated heterocycles. The maximum Gasteiger partial charge on any atom is 0.416 e. The lowest BCUT2D eigenvalue weighted by Gasteiger charge is -2.28. The van der Waals surface area contributed by atoms with E-state index in [0.717, 1.165) is 6.07 Å². The number of hydrogen-bond acceptors (Lipinski definition) is 6. The van der Waals surface area contributed by atoms with Gasteiger partial charge in [-0.3, -0.25) is 5.73 Å². The van der Waals surface area contributed by atoms with E-state index in [-0.39, 0.29) is 22.9 Å². The highest BCUT2D eigenvalue weighted by molar-refractivity contribution is 5.81. The molecule has 0 radical (unpaired) electrons. The van der Waals surface area contributed by atoms with Crippen LogP contribution in [-0.4, -0.2) is 9.97 Å². The molecular formula is C12H11F3N6. The number of hydrogen-bond donors (Lipinski definition) is 4.